The van der Waals surface area contributed by atoms with Gasteiger partial charge in [0.25, 0.3) is 0 Å². The molecule has 0 aromatic heterocycles. The third-order valence-electron chi connectivity index (χ3n) is 3.13. The first-order valence-corrected chi connectivity index (χ1v) is 6.38. The molecule has 0 amide bonds. The van der Waals surface area contributed by atoms with E-state index in [0.717, 1.165) is 11.3 Å². The van der Waals surface area contributed by atoms with E-state index in [1.807, 2.05) is 32.3 Å². The fourth-order valence-electron chi connectivity index (χ4n) is 1.94. The minimum absolute atomic E-state index is 0.148. The molecule has 1 unspecified atom stereocenters. The molecule has 112 valence electrons. The zero-order valence-electron chi connectivity index (χ0n) is 12.8. The topological polar surface area (TPSA) is 72.1 Å². The minimum atomic E-state index is 0.148. The maximum atomic E-state index is 5.68. The second-order valence-corrected chi connectivity index (χ2v) is 4.58. The summed E-state index contributed by atoms with van der Waals surface area (Å²) in [6.07, 6.45) is 0. The van der Waals surface area contributed by atoms with Crippen LogP contribution >= 0.6 is 0 Å². The van der Waals surface area contributed by atoms with Crippen LogP contribution in [0.5, 0.6) is 11.5 Å². The number of nitrogens with one attached hydrogen (secondary N) is 1. The number of methoxy groups -OCH3 is 2. The minimum Gasteiger partial charge on any atom is -0.493 e. The van der Waals surface area contributed by atoms with Gasteiger partial charge < -0.3 is 25.4 Å². The molecule has 0 aliphatic heterocycles. The standard InChI is InChI=1S/C14H24N4O2/c1-16-14(15)17-9-11(18(2)3)10-6-7-12(19-4)13(8-10)20-5/h6-8,11H,9H2,1-5H3,(H3,15,16,17). The van der Waals surface area contributed by atoms with Crippen LogP contribution in [0.3, 0.4) is 0 Å². The van der Waals surface area contributed by atoms with Gasteiger partial charge in [0.2, 0.25) is 0 Å². The number of nitrogens with two attached hydrogens (primary N) is 1. The molecule has 0 aliphatic rings. The summed E-state index contributed by atoms with van der Waals surface area (Å²) >= 11 is 0. The van der Waals surface area contributed by atoms with Gasteiger partial charge >= 0.3 is 0 Å². The molecule has 0 saturated heterocycles. The van der Waals surface area contributed by atoms with Crippen molar-refractivity contribution in [2.45, 2.75) is 6.04 Å². The molecule has 1 aromatic rings. The maximum absolute atomic E-state index is 5.68. The molecule has 1 rings (SSSR count). The quantitative estimate of drug-likeness (QED) is 0.597. The molecule has 6 heteroatoms. The van der Waals surface area contributed by atoms with Crippen molar-refractivity contribution in [1.29, 1.82) is 0 Å². The fraction of sp³-hybridized carbons (Fsp3) is 0.500. The molecule has 0 aliphatic carbocycles. The van der Waals surface area contributed by atoms with Crippen LogP contribution in [0, 0.1) is 0 Å². The number of likely N-dealkylation sites (N-methyl/N-ethyl adjacent to an activating group) is 1. The number of rotatable bonds is 6. The highest BCUT2D eigenvalue weighted by Gasteiger charge is 2.16. The molecule has 0 saturated carbocycles. The molecular formula is C14H24N4O2. The van der Waals surface area contributed by atoms with Crippen molar-refractivity contribution in [1.82, 2.24) is 10.2 Å². The SMILES string of the molecule is CN=C(N)NCC(c1ccc(OC)c(OC)c1)N(C)C. The van der Waals surface area contributed by atoms with Crippen molar-refractivity contribution in [3.8, 4) is 11.5 Å². The van der Waals surface area contributed by atoms with Crippen LogP contribution in [0.4, 0.5) is 0 Å². The summed E-state index contributed by atoms with van der Waals surface area (Å²) in [6, 6.07) is 6.05. The lowest BCUT2D eigenvalue weighted by molar-refractivity contribution is 0.296. The summed E-state index contributed by atoms with van der Waals surface area (Å²) in [7, 11) is 8.95. The molecule has 0 fully saturated rings. The van der Waals surface area contributed by atoms with Gasteiger partial charge in [-0.2, -0.15) is 0 Å². The second kappa shape index (κ2) is 7.59. The van der Waals surface area contributed by atoms with Crippen molar-refractivity contribution >= 4 is 5.96 Å². The Morgan fingerprint density at radius 1 is 1.30 bits per heavy atom. The Hall–Kier alpha value is -1.95. The molecular weight excluding hydrogens is 256 g/mol. The van der Waals surface area contributed by atoms with Crippen molar-refractivity contribution < 1.29 is 9.47 Å². The predicted molar refractivity (Wildman–Crippen MR) is 81.5 cm³/mol. The van der Waals surface area contributed by atoms with Crippen LogP contribution in [0.15, 0.2) is 23.2 Å². The highest BCUT2D eigenvalue weighted by atomic mass is 16.5. The van der Waals surface area contributed by atoms with Crippen LogP contribution < -0.4 is 20.5 Å². The van der Waals surface area contributed by atoms with Crippen LogP contribution in [0.25, 0.3) is 0 Å². The molecule has 0 radical (unpaired) electrons. The Balaban J connectivity index is 2.97. The van der Waals surface area contributed by atoms with Crippen molar-refractivity contribution in [2.75, 3.05) is 41.9 Å². The maximum Gasteiger partial charge on any atom is 0.188 e. The third-order valence-corrected chi connectivity index (χ3v) is 3.13. The number of benzene rings is 1. The first-order valence-electron chi connectivity index (χ1n) is 6.38. The van der Waals surface area contributed by atoms with Gasteiger partial charge in [-0.05, 0) is 31.8 Å². The number of nitrogens with zero attached hydrogens (tertiary/aromatic N) is 2. The summed E-state index contributed by atoms with van der Waals surface area (Å²) in [5.74, 6) is 1.86. The summed E-state index contributed by atoms with van der Waals surface area (Å²) < 4.78 is 10.6. The Labute approximate surface area is 120 Å². The van der Waals surface area contributed by atoms with Crippen LogP contribution in [0.1, 0.15) is 11.6 Å². The lowest BCUT2D eigenvalue weighted by Crippen LogP contribution is -2.38. The van der Waals surface area contributed by atoms with Gasteiger partial charge in [0.1, 0.15) is 0 Å². The van der Waals surface area contributed by atoms with Crippen molar-refractivity contribution in [3.63, 3.8) is 0 Å². The van der Waals surface area contributed by atoms with E-state index >= 15 is 0 Å². The zero-order chi connectivity index (χ0) is 15.1. The van der Waals surface area contributed by atoms with E-state index < -0.39 is 0 Å². The summed E-state index contributed by atoms with van der Waals surface area (Å²) in [6.45, 7) is 0.658. The van der Waals surface area contributed by atoms with E-state index in [9.17, 15) is 0 Å². The van der Waals surface area contributed by atoms with Gasteiger partial charge in [-0.15, -0.1) is 0 Å². The molecule has 0 heterocycles. The molecule has 1 atom stereocenters. The van der Waals surface area contributed by atoms with Crippen molar-refractivity contribution in [2.24, 2.45) is 10.7 Å². The van der Waals surface area contributed by atoms with Gasteiger partial charge in [-0.1, -0.05) is 6.07 Å². The Bertz CT molecular complexity index is 460. The molecule has 3 N–H and O–H groups in total. The summed E-state index contributed by atoms with van der Waals surface area (Å²) in [5, 5.41) is 3.09. The van der Waals surface area contributed by atoms with Crippen LogP contribution in [0.2, 0.25) is 0 Å². The average Bonchev–Trinajstić information content (AvgIpc) is 2.46. The molecule has 0 bridgehead atoms. The lowest BCUT2D eigenvalue weighted by atomic mass is 10.1. The zero-order valence-corrected chi connectivity index (χ0v) is 12.8. The van der Waals surface area contributed by atoms with Gasteiger partial charge in [-0.3, -0.25) is 4.99 Å². The first kappa shape index (κ1) is 16.1. The van der Waals surface area contributed by atoms with Gasteiger partial charge in [-0.25, -0.2) is 0 Å². The highest BCUT2D eigenvalue weighted by Crippen LogP contribution is 2.31. The first-order chi connectivity index (χ1) is 9.53. The van der Waals surface area contributed by atoms with Crippen LogP contribution in [-0.2, 0) is 0 Å². The smallest absolute Gasteiger partial charge is 0.188 e. The number of hydrogen-bond acceptors (Lipinski definition) is 4. The van der Waals surface area contributed by atoms with Gasteiger partial charge in [0.15, 0.2) is 17.5 Å². The second-order valence-electron chi connectivity index (χ2n) is 4.58. The fourth-order valence-corrected chi connectivity index (χ4v) is 1.94. The molecule has 6 nitrogen and oxygen atoms in total. The normalized spacial score (nSPS) is 13.2. The molecule has 0 spiro atoms. The van der Waals surface area contributed by atoms with E-state index in [-0.39, 0.29) is 6.04 Å². The van der Waals surface area contributed by atoms with Gasteiger partial charge in [0.05, 0.1) is 20.3 Å². The summed E-state index contributed by atoms with van der Waals surface area (Å²) in [5.41, 5.74) is 6.79. The van der Waals surface area contributed by atoms with E-state index in [4.69, 9.17) is 15.2 Å². The monoisotopic (exact) mass is 280 g/mol. The van der Waals surface area contributed by atoms with Crippen LogP contribution in [-0.4, -0.2) is 52.8 Å². The Morgan fingerprint density at radius 2 is 1.95 bits per heavy atom. The summed E-state index contributed by atoms with van der Waals surface area (Å²) in [4.78, 5) is 6.00. The molecule has 20 heavy (non-hydrogen) atoms. The number of guanidine groups is 1. The number of ether oxygens (including phenoxy) is 2. The number of aliphatic imine (C=N–C) groups is 1. The van der Waals surface area contributed by atoms with E-state index in [1.54, 1.807) is 21.3 Å². The number of hydrogen-bond donors (Lipinski definition) is 2. The Kier molecular flexibility index (Phi) is 6.11. The van der Waals surface area contributed by atoms with E-state index in [1.165, 1.54) is 0 Å². The third kappa shape index (κ3) is 4.03. The lowest BCUT2D eigenvalue weighted by Gasteiger charge is -2.26. The van der Waals surface area contributed by atoms with Gasteiger partial charge in [0, 0.05) is 13.6 Å². The van der Waals surface area contributed by atoms with E-state index in [0.29, 0.717) is 18.3 Å². The van der Waals surface area contributed by atoms with Crippen molar-refractivity contribution in [3.05, 3.63) is 23.8 Å². The molecule has 1 aromatic carbocycles. The average molecular weight is 280 g/mol. The van der Waals surface area contributed by atoms with E-state index in [2.05, 4.69) is 15.2 Å². The highest BCUT2D eigenvalue weighted by molar-refractivity contribution is 5.77. The largest absolute Gasteiger partial charge is 0.493 e. The predicted octanol–water partition coefficient (Wildman–Crippen LogP) is 0.841. The Morgan fingerprint density at radius 3 is 2.45 bits per heavy atom.